The van der Waals surface area contributed by atoms with Gasteiger partial charge in [-0.1, -0.05) is 30.3 Å². The Labute approximate surface area is 113 Å². The fourth-order valence-electron chi connectivity index (χ4n) is 1.61. The second-order valence-corrected chi connectivity index (χ2v) is 4.61. The second-order valence-electron chi connectivity index (χ2n) is 3.75. The van der Waals surface area contributed by atoms with Gasteiger partial charge >= 0.3 is 0 Å². The van der Waals surface area contributed by atoms with Crippen molar-refractivity contribution in [2.45, 2.75) is 6.54 Å². The van der Waals surface area contributed by atoms with Crippen LogP contribution < -0.4 is 5.32 Å². The van der Waals surface area contributed by atoms with Crippen LogP contribution in [-0.4, -0.2) is 5.11 Å². The van der Waals surface area contributed by atoms with Gasteiger partial charge < -0.3 is 10.4 Å². The first-order chi connectivity index (χ1) is 8.70. The molecule has 0 aliphatic rings. The molecule has 4 nitrogen and oxygen atoms in total. The quantitative estimate of drug-likeness (QED) is 0.834. The third-order valence-corrected chi connectivity index (χ3v) is 3.07. The van der Waals surface area contributed by atoms with Gasteiger partial charge in [0.1, 0.15) is 11.4 Å². The number of phenols is 1. The number of nitroso groups, excluding NO2 is 1. The lowest BCUT2D eigenvalue weighted by Crippen LogP contribution is -1.99. The first-order valence-corrected chi connectivity index (χ1v) is 6.13. The van der Waals surface area contributed by atoms with Crippen molar-refractivity contribution in [1.82, 2.24) is 0 Å². The molecule has 0 fully saturated rings. The van der Waals surface area contributed by atoms with E-state index >= 15 is 0 Å². The molecule has 0 amide bonds. The highest BCUT2D eigenvalue weighted by Gasteiger charge is 2.09. The van der Waals surface area contributed by atoms with Crippen LogP contribution in [0.4, 0.5) is 11.4 Å². The molecule has 0 unspecified atom stereocenters. The maximum absolute atomic E-state index is 10.8. The van der Waals surface area contributed by atoms with E-state index in [2.05, 4.69) is 26.4 Å². The molecule has 18 heavy (non-hydrogen) atoms. The van der Waals surface area contributed by atoms with Gasteiger partial charge in [0, 0.05) is 12.6 Å². The van der Waals surface area contributed by atoms with E-state index in [0.717, 1.165) is 5.56 Å². The molecule has 0 radical (unpaired) electrons. The number of benzene rings is 2. The van der Waals surface area contributed by atoms with E-state index in [1.54, 1.807) is 0 Å². The summed E-state index contributed by atoms with van der Waals surface area (Å²) in [4.78, 5) is 10.8. The Hall–Kier alpha value is -1.88. The molecule has 0 spiro atoms. The van der Waals surface area contributed by atoms with Gasteiger partial charge in [0.2, 0.25) is 0 Å². The SMILES string of the molecule is O=Nc1c(Br)cc(O)cc1NCc1ccccc1. The summed E-state index contributed by atoms with van der Waals surface area (Å²) in [5.41, 5.74) is 1.83. The summed E-state index contributed by atoms with van der Waals surface area (Å²) in [5, 5.41) is 15.5. The van der Waals surface area contributed by atoms with Crippen LogP contribution in [0, 0.1) is 4.91 Å². The highest BCUT2D eigenvalue weighted by Crippen LogP contribution is 2.37. The fourth-order valence-corrected chi connectivity index (χ4v) is 2.13. The monoisotopic (exact) mass is 306 g/mol. The summed E-state index contributed by atoms with van der Waals surface area (Å²) in [6.45, 7) is 0.555. The van der Waals surface area contributed by atoms with Gasteiger partial charge in [0.15, 0.2) is 0 Å². The van der Waals surface area contributed by atoms with E-state index in [1.165, 1.54) is 12.1 Å². The summed E-state index contributed by atoms with van der Waals surface area (Å²) in [6.07, 6.45) is 0. The van der Waals surface area contributed by atoms with Crippen molar-refractivity contribution in [2.75, 3.05) is 5.32 Å². The molecule has 2 aromatic rings. The Bertz CT molecular complexity index is 558. The predicted molar refractivity (Wildman–Crippen MR) is 75.0 cm³/mol. The van der Waals surface area contributed by atoms with Crippen LogP contribution in [0.5, 0.6) is 5.75 Å². The normalized spacial score (nSPS) is 10.1. The fraction of sp³-hybridized carbons (Fsp3) is 0.0769. The molecule has 0 heterocycles. The second kappa shape index (κ2) is 5.64. The van der Waals surface area contributed by atoms with E-state index < -0.39 is 0 Å². The molecule has 2 aromatic carbocycles. The highest BCUT2D eigenvalue weighted by molar-refractivity contribution is 9.10. The van der Waals surface area contributed by atoms with Gasteiger partial charge in [-0.25, -0.2) is 0 Å². The number of halogens is 1. The zero-order chi connectivity index (χ0) is 13.0. The standard InChI is InChI=1S/C13H11BrN2O2/c14-11-6-10(17)7-12(13(11)16-18)15-8-9-4-2-1-3-5-9/h1-7,15,17H,8H2. The van der Waals surface area contributed by atoms with Gasteiger partial charge in [0.25, 0.3) is 0 Å². The summed E-state index contributed by atoms with van der Waals surface area (Å²) in [6, 6.07) is 12.7. The van der Waals surface area contributed by atoms with Gasteiger partial charge in [-0.3, -0.25) is 0 Å². The van der Waals surface area contributed by atoms with Gasteiger partial charge in [-0.05, 0) is 32.7 Å². The zero-order valence-corrected chi connectivity index (χ0v) is 11.0. The Kier molecular flexibility index (Phi) is 3.94. The molecule has 0 saturated carbocycles. The van der Waals surface area contributed by atoms with Crippen molar-refractivity contribution in [1.29, 1.82) is 0 Å². The molecule has 0 aromatic heterocycles. The van der Waals surface area contributed by atoms with Crippen LogP contribution >= 0.6 is 15.9 Å². The molecule has 0 aliphatic carbocycles. The van der Waals surface area contributed by atoms with Crippen LogP contribution in [0.1, 0.15) is 5.56 Å². The van der Waals surface area contributed by atoms with Crippen molar-refractivity contribution >= 4 is 27.3 Å². The minimum Gasteiger partial charge on any atom is -0.508 e. The van der Waals surface area contributed by atoms with E-state index in [9.17, 15) is 10.0 Å². The number of nitrogens with zero attached hydrogens (tertiary/aromatic N) is 1. The molecular weight excluding hydrogens is 296 g/mol. The Morgan fingerprint density at radius 3 is 2.61 bits per heavy atom. The lowest BCUT2D eigenvalue weighted by molar-refractivity contribution is 0.475. The van der Waals surface area contributed by atoms with Gasteiger partial charge in [-0.15, -0.1) is 4.91 Å². The number of anilines is 1. The van der Waals surface area contributed by atoms with E-state index in [1.807, 2.05) is 30.3 Å². The first-order valence-electron chi connectivity index (χ1n) is 5.34. The lowest BCUT2D eigenvalue weighted by Gasteiger charge is -2.09. The maximum atomic E-state index is 10.8. The Morgan fingerprint density at radius 2 is 1.94 bits per heavy atom. The molecule has 5 heteroatoms. The molecule has 0 bridgehead atoms. The number of nitrogens with one attached hydrogen (secondary N) is 1. The summed E-state index contributed by atoms with van der Waals surface area (Å²) >= 11 is 3.19. The molecule has 92 valence electrons. The van der Waals surface area contributed by atoms with Crippen molar-refractivity contribution in [3.05, 3.63) is 57.4 Å². The molecule has 2 rings (SSSR count). The van der Waals surface area contributed by atoms with Crippen molar-refractivity contribution < 1.29 is 5.11 Å². The molecule has 0 atom stereocenters. The molecule has 2 N–H and O–H groups in total. The van der Waals surface area contributed by atoms with Crippen molar-refractivity contribution in [3.8, 4) is 5.75 Å². The van der Waals surface area contributed by atoms with Gasteiger partial charge in [-0.2, -0.15) is 0 Å². The van der Waals surface area contributed by atoms with E-state index in [-0.39, 0.29) is 11.4 Å². The molecule has 0 saturated heterocycles. The van der Waals surface area contributed by atoms with Crippen LogP contribution in [0.15, 0.2) is 52.1 Å². The minimum atomic E-state index is 0.0739. The minimum absolute atomic E-state index is 0.0739. The topological polar surface area (TPSA) is 61.7 Å². The van der Waals surface area contributed by atoms with E-state index in [0.29, 0.717) is 16.7 Å². The lowest BCUT2D eigenvalue weighted by atomic mass is 10.2. The number of phenolic OH excluding ortho intramolecular Hbond substituents is 1. The summed E-state index contributed by atoms with van der Waals surface area (Å²) in [5.74, 6) is 0.0739. The Balaban J connectivity index is 2.21. The van der Waals surface area contributed by atoms with Crippen LogP contribution in [0.2, 0.25) is 0 Å². The average molecular weight is 307 g/mol. The number of aromatic hydroxyl groups is 1. The number of hydrogen-bond acceptors (Lipinski definition) is 4. The van der Waals surface area contributed by atoms with Crippen molar-refractivity contribution in [3.63, 3.8) is 0 Å². The largest absolute Gasteiger partial charge is 0.508 e. The molecule has 0 aliphatic heterocycles. The highest BCUT2D eigenvalue weighted by atomic mass is 79.9. The Morgan fingerprint density at radius 1 is 1.22 bits per heavy atom. The summed E-state index contributed by atoms with van der Waals surface area (Å²) in [7, 11) is 0. The van der Waals surface area contributed by atoms with Crippen LogP contribution in [0.3, 0.4) is 0 Å². The van der Waals surface area contributed by atoms with Crippen LogP contribution in [-0.2, 0) is 6.54 Å². The third kappa shape index (κ3) is 2.87. The molecular formula is C13H11BrN2O2. The average Bonchev–Trinajstić information content (AvgIpc) is 2.37. The number of hydrogen-bond donors (Lipinski definition) is 2. The van der Waals surface area contributed by atoms with Crippen molar-refractivity contribution in [2.24, 2.45) is 5.18 Å². The third-order valence-electron chi connectivity index (χ3n) is 2.47. The zero-order valence-electron chi connectivity index (χ0n) is 9.43. The number of rotatable bonds is 4. The predicted octanol–water partition coefficient (Wildman–Crippen LogP) is 4.16. The maximum Gasteiger partial charge on any atom is 0.145 e. The smallest absolute Gasteiger partial charge is 0.145 e. The van der Waals surface area contributed by atoms with Crippen LogP contribution in [0.25, 0.3) is 0 Å². The van der Waals surface area contributed by atoms with E-state index in [4.69, 9.17) is 0 Å². The van der Waals surface area contributed by atoms with Gasteiger partial charge in [0.05, 0.1) is 10.2 Å². The first kappa shape index (κ1) is 12.6. The summed E-state index contributed by atoms with van der Waals surface area (Å²) < 4.78 is 0.466.